The van der Waals surface area contributed by atoms with Crippen LogP contribution in [0.2, 0.25) is 11.5 Å². The molecule has 0 fully saturated rings. The second-order valence-corrected chi connectivity index (χ2v) is 9.80. The van der Waals surface area contributed by atoms with E-state index < -0.39 is 13.4 Å². The van der Waals surface area contributed by atoms with E-state index >= 15 is 0 Å². The average Bonchev–Trinajstić information content (AvgIpc) is 0.811. The van der Waals surface area contributed by atoms with Gasteiger partial charge in [0.05, 0.1) is 0 Å². The van der Waals surface area contributed by atoms with Gasteiger partial charge in [-0.1, -0.05) is 0 Å². The first kappa shape index (κ1) is 4.83. The van der Waals surface area contributed by atoms with Gasteiger partial charge in [0.2, 0.25) is 0 Å². The number of hydrogen-bond donors (Lipinski definition) is 0. The molecular formula is C2H7ClGe. The molecule has 0 radical (unpaired) electrons. The summed E-state index contributed by atoms with van der Waals surface area (Å²) in [6, 6.07) is 0. The molecule has 0 amide bonds. The van der Waals surface area contributed by atoms with Crippen molar-refractivity contribution in [3.63, 3.8) is 0 Å². The minimum absolute atomic E-state index is 1.01. The monoisotopic (exact) mass is 140 g/mol. The molecule has 0 N–H and O–H groups in total. The standard InChI is InChI=1S/C2H7ClGe/c1-4(2)3/h4H,1-2H3. The molecule has 0 aliphatic carbocycles. The Labute approximate surface area is 35.4 Å². The van der Waals surface area contributed by atoms with Crippen LogP contribution in [0.1, 0.15) is 0 Å². The molecule has 26 valence electrons. The van der Waals surface area contributed by atoms with Crippen LogP contribution in [0.5, 0.6) is 0 Å². The fourth-order valence-electron chi connectivity index (χ4n) is 0. The molecule has 0 aromatic rings. The molecule has 0 saturated carbocycles. The predicted octanol–water partition coefficient (Wildman–Crippen LogP) is 1.21. The molecule has 0 nitrogen and oxygen atoms in total. The molecule has 0 aliphatic rings. The normalized spacial score (nSPS) is 9.00. The molecule has 0 aliphatic heterocycles. The molecule has 0 unspecified atom stereocenters. The number of rotatable bonds is 0. The van der Waals surface area contributed by atoms with Gasteiger partial charge in [-0.15, -0.1) is 0 Å². The first-order valence-corrected chi connectivity index (χ1v) is 9.40. The Morgan fingerprint density at radius 3 is 1.50 bits per heavy atom. The summed E-state index contributed by atoms with van der Waals surface area (Å²) < 4.78 is 0. The Hall–Kier alpha value is 0.833. The third-order valence-electron chi connectivity index (χ3n) is 0. The summed E-state index contributed by atoms with van der Waals surface area (Å²) in [6.45, 7) is 0. The van der Waals surface area contributed by atoms with Gasteiger partial charge in [0.25, 0.3) is 0 Å². The summed E-state index contributed by atoms with van der Waals surface area (Å²) in [5.41, 5.74) is 0. The molecule has 4 heavy (non-hydrogen) atoms. The van der Waals surface area contributed by atoms with Gasteiger partial charge in [-0.05, 0) is 0 Å². The molecule has 0 aromatic heterocycles. The number of halogens is 1. The summed E-state index contributed by atoms with van der Waals surface area (Å²) in [4.78, 5) is 0. The van der Waals surface area contributed by atoms with E-state index in [4.69, 9.17) is 10.0 Å². The van der Waals surface area contributed by atoms with E-state index in [1.165, 1.54) is 0 Å². The molecule has 0 heterocycles. The molecule has 0 atom stereocenters. The van der Waals surface area contributed by atoms with Crippen LogP contribution in [-0.2, 0) is 0 Å². The quantitative estimate of drug-likeness (QED) is 0.442. The van der Waals surface area contributed by atoms with Crippen LogP contribution in [0, 0.1) is 0 Å². The molecule has 0 saturated heterocycles. The van der Waals surface area contributed by atoms with Gasteiger partial charge >= 0.3 is 34.9 Å². The summed E-state index contributed by atoms with van der Waals surface area (Å²) >= 11 is -1.01. The first-order valence-electron chi connectivity index (χ1n) is 1.37. The molecule has 0 bridgehead atoms. The maximum atomic E-state index is 5.46. The molecule has 2 heteroatoms. The Morgan fingerprint density at radius 1 is 1.50 bits per heavy atom. The summed E-state index contributed by atoms with van der Waals surface area (Å²) in [6.07, 6.45) is 0. The van der Waals surface area contributed by atoms with E-state index in [9.17, 15) is 0 Å². The average molecular weight is 139 g/mol. The van der Waals surface area contributed by atoms with Gasteiger partial charge < -0.3 is 0 Å². The Morgan fingerprint density at radius 2 is 1.50 bits per heavy atom. The van der Waals surface area contributed by atoms with Crippen molar-refractivity contribution in [3.05, 3.63) is 0 Å². The Bertz CT molecular complexity index is 10.8. The Kier molecular flexibility index (Phi) is 2.53. The molecule has 0 aromatic carbocycles. The van der Waals surface area contributed by atoms with Crippen molar-refractivity contribution in [2.75, 3.05) is 0 Å². The van der Waals surface area contributed by atoms with Crippen LogP contribution in [-0.4, -0.2) is 13.4 Å². The third-order valence-corrected chi connectivity index (χ3v) is 0. The molecule has 0 rings (SSSR count). The second kappa shape index (κ2) is 2.09. The van der Waals surface area contributed by atoms with Crippen molar-refractivity contribution in [2.45, 2.75) is 11.5 Å². The van der Waals surface area contributed by atoms with Crippen LogP contribution in [0.3, 0.4) is 0 Å². The van der Waals surface area contributed by atoms with E-state index in [1.807, 2.05) is 0 Å². The minimum atomic E-state index is -1.01. The van der Waals surface area contributed by atoms with Crippen LogP contribution in [0.15, 0.2) is 0 Å². The Balaban J connectivity index is 2.32. The molecule has 0 spiro atoms. The van der Waals surface area contributed by atoms with Crippen LogP contribution >= 0.6 is 10.0 Å². The van der Waals surface area contributed by atoms with Gasteiger partial charge in [-0.25, -0.2) is 0 Å². The zero-order valence-corrected chi connectivity index (χ0v) is 6.13. The van der Waals surface area contributed by atoms with Crippen molar-refractivity contribution in [1.82, 2.24) is 0 Å². The van der Waals surface area contributed by atoms with E-state index in [0.717, 1.165) is 0 Å². The maximum absolute atomic E-state index is 5.46. The van der Waals surface area contributed by atoms with Gasteiger partial charge in [-0.2, -0.15) is 0 Å². The predicted molar refractivity (Wildman–Crippen MR) is 24.7 cm³/mol. The zero-order chi connectivity index (χ0) is 3.58. The van der Waals surface area contributed by atoms with Crippen molar-refractivity contribution in [3.8, 4) is 0 Å². The fraction of sp³-hybridized carbons (Fsp3) is 1.00. The van der Waals surface area contributed by atoms with Gasteiger partial charge in [-0.3, -0.25) is 0 Å². The van der Waals surface area contributed by atoms with E-state index in [1.54, 1.807) is 0 Å². The van der Waals surface area contributed by atoms with Crippen LogP contribution < -0.4 is 0 Å². The summed E-state index contributed by atoms with van der Waals surface area (Å²) in [7, 11) is 5.46. The van der Waals surface area contributed by atoms with Gasteiger partial charge in [0.1, 0.15) is 0 Å². The van der Waals surface area contributed by atoms with Crippen molar-refractivity contribution < 1.29 is 0 Å². The fourth-order valence-corrected chi connectivity index (χ4v) is 0. The summed E-state index contributed by atoms with van der Waals surface area (Å²) in [5, 5.41) is 0. The van der Waals surface area contributed by atoms with Crippen molar-refractivity contribution >= 4 is 23.4 Å². The topological polar surface area (TPSA) is 0 Å². The van der Waals surface area contributed by atoms with Crippen molar-refractivity contribution in [1.29, 1.82) is 0 Å². The third kappa shape index (κ3) is 13.7. The zero-order valence-electron chi connectivity index (χ0n) is 2.96. The summed E-state index contributed by atoms with van der Waals surface area (Å²) in [5.74, 6) is 4.24. The first-order chi connectivity index (χ1) is 1.73. The SMILES string of the molecule is [CH3][GeH]([CH3])[Cl]. The number of hydrogen-bond acceptors (Lipinski definition) is 0. The molecular weight excluding hydrogens is 132 g/mol. The second-order valence-electron chi connectivity index (χ2n) is 1.01. The van der Waals surface area contributed by atoms with E-state index in [2.05, 4.69) is 11.5 Å². The van der Waals surface area contributed by atoms with Crippen LogP contribution in [0.4, 0.5) is 0 Å². The van der Waals surface area contributed by atoms with Crippen LogP contribution in [0.25, 0.3) is 0 Å². The van der Waals surface area contributed by atoms with Crippen molar-refractivity contribution in [2.24, 2.45) is 0 Å². The van der Waals surface area contributed by atoms with Gasteiger partial charge in [0.15, 0.2) is 0 Å². The van der Waals surface area contributed by atoms with Gasteiger partial charge in [0, 0.05) is 0 Å². The van der Waals surface area contributed by atoms with E-state index in [-0.39, 0.29) is 0 Å². The van der Waals surface area contributed by atoms with E-state index in [0.29, 0.717) is 0 Å².